The van der Waals surface area contributed by atoms with Gasteiger partial charge in [-0.3, -0.25) is 4.90 Å². The van der Waals surface area contributed by atoms with E-state index in [1.807, 2.05) is 0 Å². The van der Waals surface area contributed by atoms with Crippen LogP contribution in [0.1, 0.15) is 38.2 Å². The maximum Gasteiger partial charge on any atom is 0.0591 e. The van der Waals surface area contributed by atoms with Crippen LogP contribution in [0, 0.1) is 0 Å². The van der Waals surface area contributed by atoms with E-state index >= 15 is 0 Å². The van der Waals surface area contributed by atoms with Crippen molar-refractivity contribution in [1.29, 1.82) is 0 Å². The van der Waals surface area contributed by atoms with Crippen molar-refractivity contribution in [2.24, 2.45) is 0 Å². The third-order valence-corrected chi connectivity index (χ3v) is 4.16. The number of likely N-dealkylation sites (tertiary alicyclic amines) is 1. The summed E-state index contributed by atoms with van der Waals surface area (Å²) in [4.78, 5) is 2.56. The first kappa shape index (κ1) is 16.5. The molecule has 1 aliphatic heterocycles. The summed E-state index contributed by atoms with van der Waals surface area (Å²) in [6.45, 7) is 8.44. The van der Waals surface area contributed by atoms with Crippen molar-refractivity contribution in [3.8, 4) is 0 Å². The van der Waals surface area contributed by atoms with Gasteiger partial charge in [0.05, 0.1) is 6.61 Å². The first-order valence-electron chi connectivity index (χ1n) is 8.46. The molecule has 0 spiro atoms. The van der Waals surface area contributed by atoms with Crippen LogP contribution in [0.3, 0.4) is 0 Å². The summed E-state index contributed by atoms with van der Waals surface area (Å²) in [5.41, 5.74) is 1.42. The van der Waals surface area contributed by atoms with E-state index in [0.717, 1.165) is 26.3 Å². The van der Waals surface area contributed by atoms with Crippen molar-refractivity contribution >= 4 is 0 Å². The molecule has 1 N–H and O–H groups in total. The summed E-state index contributed by atoms with van der Waals surface area (Å²) >= 11 is 0. The molecule has 1 aliphatic rings. The minimum atomic E-state index is 0.673. The van der Waals surface area contributed by atoms with Crippen molar-refractivity contribution in [2.45, 2.75) is 45.2 Å². The van der Waals surface area contributed by atoms with Crippen LogP contribution in [0.4, 0.5) is 0 Å². The molecule has 2 rings (SSSR count). The van der Waals surface area contributed by atoms with Gasteiger partial charge in [-0.2, -0.15) is 0 Å². The molecule has 0 amide bonds. The zero-order chi connectivity index (χ0) is 14.8. The largest absolute Gasteiger partial charge is 0.380 e. The number of unbranched alkanes of at least 4 members (excludes halogenated alkanes) is 1. The molecular weight excluding hydrogens is 260 g/mol. The van der Waals surface area contributed by atoms with E-state index in [1.165, 1.54) is 44.3 Å². The van der Waals surface area contributed by atoms with Gasteiger partial charge in [0.1, 0.15) is 0 Å². The second-order valence-corrected chi connectivity index (χ2v) is 5.96. The smallest absolute Gasteiger partial charge is 0.0591 e. The molecule has 0 radical (unpaired) electrons. The predicted molar refractivity (Wildman–Crippen MR) is 88.5 cm³/mol. The standard InChI is InChI=1S/C18H30N2O/c1-2-3-14-21-15-11-19-18-9-12-20(13-10-18)16-17-7-5-4-6-8-17/h4-8,18-19H,2-3,9-16H2,1H3. The van der Waals surface area contributed by atoms with Gasteiger partial charge in [-0.25, -0.2) is 0 Å². The Bertz CT molecular complexity index is 361. The second kappa shape index (κ2) is 9.93. The lowest BCUT2D eigenvalue weighted by atomic mass is 10.0. The van der Waals surface area contributed by atoms with Crippen LogP contribution in [0.15, 0.2) is 30.3 Å². The Morgan fingerprint density at radius 2 is 1.90 bits per heavy atom. The molecule has 0 aromatic heterocycles. The van der Waals surface area contributed by atoms with Gasteiger partial charge in [0.15, 0.2) is 0 Å². The lowest BCUT2D eigenvalue weighted by Gasteiger charge is -2.32. The fourth-order valence-electron chi connectivity index (χ4n) is 2.82. The molecule has 1 aromatic rings. The molecule has 0 unspecified atom stereocenters. The summed E-state index contributed by atoms with van der Waals surface area (Å²) in [7, 11) is 0. The first-order valence-corrected chi connectivity index (χ1v) is 8.46. The Morgan fingerprint density at radius 1 is 1.14 bits per heavy atom. The fourth-order valence-corrected chi connectivity index (χ4v) is 2.82. The highest BCUT2D eigenvalue weighted by Gasteiger charge is 2.18. The van der Waals surface area contributed by atoms with Gasteiger partial charge in [-0.1, -0.05) is 43.7 Å². The molecule has 1 saturated heterocycles. The number of nitrogens with zero attached hydrogens (tertiary/aromatic N) is 1. The molecule has 0 bridgehead atoms. The third-order valence-electron chi connectivity index (χ3n) is 4.16. The predicted octanol–water partition coefficient (Wildman–Crippen LogP) is 3.06. The highest BCUT2D eigenvalue weighted by molar-refractivity contribution is 5.14. The Labute approximate surface area is 129 Å². The molecule has 21 heavy (non-hydrogen) atoms. The molecule has 1 aromatic carbocycles. The van der Waals surface area contributed by atoms with Crippen molar-refractivity contribution in [2.75, 3.05) is 32.8 Å². The molecule has 3 nitrogen and oxygen atoms in total. The maximum atomic E-state index is 5.59. The summed E-state index contributed by atoms with van der Waals surface area (Å²) in [5, 5.41) is 3.63. The van der Waals surface area contributed by atoms with Crippen LogP contribution in [0.25, 0.3) is 0 Å². The quantitative estimate of drug-likeness (QED) is 0.707. The number of ether oxygens (including phenoxy) is 1. The number of hydrogen-bond acceptors (Lipinski definition) is 3. The van der Waals surface area contributed by atoms with Crippen LogP contribution in [0.5, 0.6) is 0 Å². The van der Waals surface area contributed by atoms with Gasteiger partial charge < -0.3 is 10.1 Å². The van der Waals surface area contributed by atoms with E-state index in [4.69, 9.17) is 4.74 Å². The van der Waals surface area contributed by atoms with Crippen LogP contribution >= 0.6 is 0 Å². The summed E-state index contributed by atoms with van der Waals surface area (Å²) < 4.78 is 5.59. The monoisotopic (exact) mass is 290 g/mol. The summed E-state index contributed by atoms with van der Waals surface area (Å²) in [5.74, 6) is 0. The lowest BCUT2D eigenvalue weighted by molar-refractivity contribution is 0.125. The molecule has 1 heterocycles. The van der Waals surface area contributed by atoms with Crippen molar-refractivity contribution in [3.63, 3.8) is 0 Å². The topological polar surface area (TPSA) is 24.5 Å². The van der Waals surface area contributed by atoms with Gasteiger partial charge >= 0.3 is 0 Å². The molecule has 0 atom stereocenters. The van der Waals surface area contributed by atoms with Crippen molar-refractivity contribution in [3.05, 3.63) is 35.9 Å². The second-order valence-electron chi connectivity index (χ2n) is 5.96. The van der Waals surface area contributed by atoms with Crippen molar-refractivity contribution < 1.29 is 4.74 Å². The van der Waals surface area contributed by atoms with Crippen LogP contribution in [-0.2, 0) is 11.3 Å². The molecule has 0 aliphatic carbocycles. The first-order chi connectivity index (χ1) is 10.4. The van der Waals surface area contributed by atoms with Crippen molar-refractivity contribution in [1.82, 2.24) is 10.2 Å². The zero-order valence-corrected chi connectivity index (χ0v) is 13.4. The van der Waals surface area contributed by atoms with Gasteiger partial charge in [-0.15, -0.1) is 0 Å². The van der Waals surface area contributed by atoms with Crippen LogP contribution in [-0.4, -0.2) is 43.8 Å². The number of nitrogens with one attached hydrogen (secondary N) is 1. The summed E-state index contributed by atoms with van der Waals surface area (Å²) in [6, 6.07) is 11.5. The van der Waals surface area contributed by atoms with Crippen LogP contribution < -0.4 is 5.32 Å². The number of hydrogen-bond donors (Lipinski definition) is 1. The number of piperidine rings is 1. The van der Waals surface area contributed by atoms with Gasteiger partial charge in [0, 0.05) is 25.7 Å². The molecular formula is C18H30N2O. The average Bonchev–Trinajstić information content (AvgIpc) is 2.53. The molecule has 1 fully saturated rings. The molecule has 118 valence electrons. The SMILES string of the molecule is CCCCOCCNC1CCN(Cc2ccccc2)CC1. The zero-order valence-electron chi connectivity index (χ0n) is 13.4. The Balaban J connectivity index is 1.54. The third kappa shape index (κ3) is 6.60. The van der Waals surface area contributed by atoms with E-state index in [-0.39, 0.29) is 0 Å². The summed E-state index contributed by atoms with van der Waals surface area (Å²) in [6.07, 6.45) is 4.90. The number of benzene rings is 1. The highest BCUT2D eigenvalue weighted by atomic mass is 16.5. The fraction of sp³-hybridized carbons (Fsp3) is 0.667. The lowest BCUT2D eigenvalue weighted by Crippen LogP contribution is -2.43. The Hall–Kier alpha value is -0.900. The van der Waals surface area contributed by atoms with E-state index < -0.39 is 0 Å². The maximum absolute atomic E-state index is 5.59. The minimum absolute atomic E-state index is 0.673. The minimum Gasteiger partial charge on any atom is -0.380 e. The van der Waals surface area contributed by atoms with E-state index in [0.29, 0.717) is 6.04 Å². The van der Waals surface area contributed by atoms with Gasteiger partial charge in [-0.05, 0) is 37.9 Å². The molecule has 3 heteroatoms. The van der Waals surface area contributed by atoms with Crippen LogP contribution in [0.2, 0.25) is 0 Å². The van der Waals surface area contributed by atoms with Gasteiger partial charge in [0.2, 0.25) is 0 Å². The van der Waals surface area contributed by atoms with E-state index in [2.05, 4.69) is 47.5 Å². The number of rotatable bonds is 9. The Morgan fingerprint density at radius 3 is 2.62 bits per heavy atom. The average molecular weight is 290 g/mol. The Kier molecular flexibility index (Phi) is 7.79. The normalized spacial score (nSPS) is 17.2. The van der Waals surface area contributed by atoms with E-state index in [9.17, 15) is 0 Å². The highest BCUT2D eigenvalue weighted by Crippen LogP contribution is 2.13. The van der Waals surface area contributed by atoms with E-state index in [1.54, 1.807) is 0 Å². The molecule has 0 saturated carbocycles. The van der Waals surface area contributed by atoms with Gasteiger partial charge in [0.25, 0.3) is 0 Å².